The van der Waals surface area contributed by atoms with E-state index in [9.17, 15) is 5.11 Å². The van der Waals surface area contributed by atoms with E-state index in [2.05, 4.69) is 10.3 Å². The van der Waals surface area contributed by atoms with E-state index in [0.717, 1.165) is 16.6 Å². The smallest absolute Gasteiger partial charge is 0.107 e. The maximum atomic E-state index is 10.2. The van der Waals surface area contributed by atoms with Crippen molar-refractivity contribution >= 4 is 22.3 Å². The molecular weight excluding hydrogens is 242 g/mol. The van der Waals surface area contributed by atoms with Gasteiger partial charge in [-0.3, -0.25) is 4.98 Å². The van der Waals surface area contributed by atoms with Crippen molar-refractivity contribution < 1.29 is 9.84 Å². The van der Waals surface area contributed by atoms with Crippen LogP contribution in [-0.2, 0) is 4.74 Å². The Bertz CT molecular complexity index is 594. The van der Waals surface area contributed by atoms with Gasteiger partial charge in [0.15, 0.2) is 0 Å². The van der Waals surface area contributed by atoms with Gasteiger partial charge in [0, 0.05) is 31.2 Å². The van der Waals surface area contributed by atoms with Crippen molar-refractivity contribution in [2.45, 2.75) is 12.0 Å². The Labute approximate surface area is 111 Å². The maximum absolute atomic E-state index is 10.2. The maximum Gasteiger partial charge on any atom is 0.107 e. The molecule has 1 aromatic carbocycles. The van der Waals surface area contributed by atoms with Gasteiger partial charge >= 0.3 is 0 Å². The van der Waals surface area contributed by atoms with Crippen LogP contribution in [-0.4, -0.2) is 35.5 Å². The standard InChI is InChI=1S/C14H17N3O2/c15-13-10-2-1-6-16-11(10)3-4-12(13)17-8-14(18)5-7-19-9-14/h1-4,6,17-18H,5,7-9,15H2. The zero-order valence-electron chi connectivity index (χ0n) is 10.6. The molecule has 0 bridgehead atoms. The first-order valence-corrected chi connectivity index (χ1v) is 6.35. The highest BCUT2D eigenvalue weighted by atomic mass is 16.5. The second-order valence-corrected chi connectivity index (χ2v) is 4.98. The van der Waals surface area contributed by atoms with Crippen molar-refractivity contribution in [2.75, 3.05) is 30.8 Å². The van der Waals surface area contributed by atoms with Crippen molar-refractivity contribution in [1.82, 2.24) is 4.98 Å². The number of pyridine rings is 1. The van der Waals surface area contributed by atoms with Crippen LogP contribution in [0.4, 0.5) is 11.4 Å². The summed E-state index contributed by atoms with van der Waals surface area (Å²) in [6, 6.07) is 7.62. The van der Waals surface area contributed by atoms with E-state index in [1.807, 2.05) is 24.3 Å². The van der Waals surface area contributed by atoms with Crippen LogP contribution in [0.1, 0.15) is 6.42 Å². The summed E-state index contributed by atoms with van der Waals surface area (Å²) in [4.78, 5) is 4.26. The van der Waals surface area contributed by atoms with E-state index >= 15 is 0 Å². The highest BCUT2D eigenvalue weighted by molar-refractivity contribution is 5.96. The number of hydrogen-bond donors (Lipinski definition) is 3. The molecule has 1 aliphatic heterocycles. The summed E-state index contributed by atoms with van der Waals surface area (Å²) < 4.78 is 5.22. The van der Waals surface area contributed by atoms with Crippen LogP contribution in [0.25, 0.3) is 10.9 Å². The van der Waals surface area contributed by atoms with Gasteiger partial charge in [-0.15, -0.1) is 0 Å². The minimum absolute atomic E-state index is 0.370. The lowest BCUT2D eigenvalue weighted by atomic mass is 10.0. The molecule has 19 heavy (non-hydrogen) atoms. The number of ether oxygens (including phenoxy) is 1. The number of aromatic nitrogens is 1. The zero-order chi connectivity index (χ0) is 13.3. The molecule has 0 saturated carbocycles. The molecule has 5 nitrogen and oxygen atoms in total. The van der Waals surface area contributed by atoms with Gasteiger partial charge in [0.25, 0.3) is 0 Å². The van der Waals surface area contributed by atoms with Crippen LogP contribution in [0.5, 0.6) is 0 Å². The summed E-state index contributed by atoms with van der Waals surface area (Å²) >= 11 is 0. The number of nitrogens with two attached hydrogens (primary N) is 1. The number of nitrogens with one attached hydrogen (secondary N) is 1. The summed E-state index contributed by atoms with van der Waals surface area (Å²) in [6.07, 6.45) is 2.39. The third kappa shape index (κ3) is 2.34. The molecule has 0 aliphatic carbocycles. The molecule has 0 amide bonds. The molecule has 1 atom stereocenters. The van der Waals surface area contributed by atoms with Crippen molar-refractivity contribution in [3.63, 3.8) is 0 Å². The third-order valence-corrected chi connectivity index (χ3v) is 3.52. The van der Waals surface area contributed by atoms with E-state index in [-0.39, 0.29) is 0 Å². The van der Waals surface area contributed by atoms with Crippen molar-refractivity contribution in [1.29, 1.82) is 0 Å². The molecular formula is C14H17N3O2. The normalized spacial score (nSPS) is 22.8. The number of aliphatic hydroxyl groups is 1. The Hall–Kier alpha value is -1.85. The highest BCUT2D eigenvalue weighted by Crippen LogP contribution is 2.28. The molecule has 1 fully saturated rings. The van der Waals surface area contributed by atoms with Gasteiger partial charge in [0.1, 0.15) is 5.60 Å². The number of anilines is 2. The zero-order valence-corrected chi connectivity index (χ0v) is 10.6. The Morgan fingerprint density at radius 3 is 3.11 bits per heavy atom. The fourth-order valence-electron chi connectivity index (χ4n) is 2.33. The van der Waals surface area contributed by atoms with E-state index in [4.69, 9.17) is 10.5 Å². The molecule has 1 aromatic heterocycles. The van der Waals surface area contributed by atoms with Gasteiger partial charge in [-0.25, -0.2) is 0 Å². The fourth-order valence-corrected chi connectivity index (χ4v) is 2.33. The SMILES string of the molecule is Nc1c(NCC2(O)CCOC2)ccc2ncccc12. The average molecular weight is 259 g/mol. The molecule has 1 saturated heterocycles. The third-order valence-electron chi connectivity index (χ3n) is 3.52. The quantitative estimate of drug-likeness (QED) is 0.726. The largest absolute Gasteiger partial charge is 0.397 e. The van der Waals surface area contributed by atoms with Gasteiger partial charge in [0.2, 0.25) is 0 Å². The predicted molar refractivity (Wildman–Crippen MR) is 75.0 cm³/mol. The average Bonchev–Trinajstić information content (AvgIpc) is 2.86. The van der Waals surface area contributed by atoms with Crippen LogP contribution in [0.3, 0.4) is 0 Å². The Morgan fingerprint density at radius 1 is 1.42 bits per heavy atom. The number of benzene rings is 1. The van der Waals surface area contributed by atoms with Crippen LogP contribution < -0.4 is 11.1 Å². The molecule has 4 N–H and O–H groups in total. The molecule has 1 unspecified atom stereocenters. The second kappa shape index (κ2) is 4.68. The van der Waals surface area contributed by atoms with E-state index < -0.39 is 5.60 Å². The van der Waals surface area contributed by atoms with Crippen molar-refractivity contribution in [3.8, 4) is 0 Å². The van der Waals surface area contributed by atoms with Crippen LogP contribution in [0.15, 0.2) is 30.5 Å². The summed E-state index contributed by atoms with van der Waals surface area (Å²) in [5, 5.41) is 14.3. The molecule has 2 aromatic rings. The molecule has 1 aliphatic rings. The van der Waals surface area contributed by atoms with Crippen LogP contribution >= 0.6 is 0 Å². The minimum Gasteiger partial charge on any atom is -0.397 e. The Balaban J connectivity index is 1.83. The summed E-state index contributed by atoms with van der Waals surface area (Å²) in [7, 11) is 0. The molecule has 2 heterocycles. The molecule has 100 valence electrons. The number of nitrogen functional groups attached to an aromatic ring is 1. The van der Waals surface area contributed by atoms with Gasteiger partial charge in [-0.1, -0.05) is 0 Å². The number of hydrogen-bond acceptors (Lipinski definition) is 5. The minimum atomic E-state index is -0.795. The number of nitrogens with zero attached hydrogens (tertiary/aromatic N) is 1. The lowest BCUT2D eigenvalue weighted by Gasteiger charge is -2.22. The van der Waals surface area contributed by atoms with Gasteiger partial charge < -0.3 is 20.9 Å². The summed E-state index contributed by atoms with van der Waals surface area (Å²) in [6.45, 7) is 1.41. The fraction of sp³-hybridized carbons (Fsp3) is 0.357. The van der Waals surface area contributed by atoms with Gasteiger partial charge in [0.05, 0.1) is 23.5 Å². The van der Waals surface area contributed by atoms with E-state index in [1.54, 1.807) is 6.20 Å². The second-order valence-electron chi connectivity index (χ2n) is 4.98. The highest BCUT2D eigenvalue weighted by Gasteiger charge is 2.32. The van der Waals surface area contributed by atoms with E-state index in [1.165, 1.54) is 0 Å². The summed E-state index contributed by atoms with van der Waals surface area (Å²) in [5.74, 6) is 0. The van der Waals surface area contributed by atoms with Gasteiger partial charge in [-0.2, -0.15) is 0 Å². The van der Waals surface area contributed by atoms with Crippen LogP contribution in [0, 0.1) is 0 Å². The molecule has 0 spiro atoms. The van der Waals surface area contributed by atoms with Gasteiger partial charge in [-0.05, 0) is 24.3 Å². The van der Waals surface area contributed by atoms with Crippen molar-refractivity contribution in [2.24, 2.45) is 0 Å². The van der Waals surface area contributed by atoms with Crippen LogP contribution in [0.2, 0.25) is 0 Å². The molecule has 3 rings (SSSR count). The number of fused-ring (bicyclic) bond motifs is 1. The Kier molecular flexibility index (Phi) is 3.00. The predicted octanol–water partition coefficient (Wildman–Crippen LogP) is 1.38. The first kappa shape index (κ1) is 12.2. The molecule has 0 radical (unpaired) electrons. The first-order chi connectivity index (χ1) is 9.18. The summed E-state index contributed by atoms with van der Waals surface area (Å²) in [5.41, 5.74) is 7.69. The Morgan fingerprint density at radius 2 is 2.32 bits per heavy atom. The topological polar surface area (TPSA) is 80.4 Å². The first-order valence-electron chi connectivity index (χ1n) is 6.35. The number of rotatable bonds is 3. The monoisotopic (exact) mass is 259 g/mol. The van der Waals surface area contributed by atoms with E-state index in [0.29, 0.717) is 31.9 Å². The molecule has 5 heteroatoms. The lowest BCUT2D eigenvalue weighted by molar-refractivity contribution is 0.0382. The lowest BCUT2D eigenvalue weighted by Crippen LogP contribution is -2.37. The van der Waals surface area contributed by atoms with Crippen molar-refractivity contribution in [3.05, 3.63) is 30.5 Å².